The molecule has 148 valence electrons. The Balaban J connectivity index is 1.93. The quantitative estimate of drug-likeness (QED) is 0.491. The number of aromatic nitrogens is 2. The van der Waals surface area contributed by atoms with Crippen molar-refractivity contribution in [1.29, 1.82) is 0 Å². The Labute approximate surface area is 169 Å². The Morgan fingerprint density at radius 3 is 2.43 bits per heavy atom. The van der Waals surface area contributed by atoms with Gasteiger partial charge < -0.3 is 14.2 Å². The van der Waals surface area contributed by atoms with Gasteiger partial charge in [0.05, 0.1) is 32.8 Å². The lowest BCUT2D eigenvalue weighted by Crippen LogP contribution is -2.15. The molecule has 0 saturated carbocycles. The van der Waals surface area contributed by atoms with Gasteiger partial charge in [-0.25, -0.2) is 13.8 Å². The van der Waals surface area contributed by atoms with Gasteiger partial charge in [-0.15, -0.1) is 0 Å². The molecule has 0 spiro atoms. The Morgan fingerprint density at radius 2 is 1.79 bits per heavy atom. The van der Waals surface area contributed by atoms with Crippen LogP contribution in [0, 0.1) is 11.6 Å². The van der Waals surface area contributed by atoms with Crippen LogP contribution in [0.15, 0.2) is 41.6 Å². The molecule has 0 fully saturated rings. The van der Waals surface area contributed by atoms with E-state index in [1.54, 1.807) is 30.7 Å². The van der Waals surface area contributed by atoms with Crippen LogP contribution in [-0.4, -0.2) is 30.7 Å². The molecule has 0 aliphatic rings. The molecule has 2 aromatic carbocycles. The monoisotopic (exact) mass is 425 g/mol. The minimum Gasteiger partial charge on any atom is -0.497 e. The lowest BCUT2D eigenvalue weighted by atomic mass is 10.2. The maximum Gasteiger partial charge on any atom is 0.215 e. The highest BCUT2D eigenvalue weighted by atomic mass is 32.2. The molecule has 0 bridgehead atoms. The van der Waals surface area contributed by atoms with Crippen molar-refractivity contribution < 1.29 is 23.0 Å². The third kappa shape index (κ3) is 4.45. The van der Waals surface area contributed by atoms with E-state index in [1.165, 1.54) is 13.4 Å². The SMILES string of the molecule is COc1ccc(CN(Sc2cc(F)c(OC)cc2F)c2ncns2)c(OC)c1. The highest BCUT2D eigenvalue weighted by Crippen LogP contribution is 2.36. The lowest BCUT2D eigenvalue weighted by molar-refractivity contribution is 0.380. The number of hydrogen-bond donors (Lipinski definition) is 0. The van der Waals surface area contributed by atoms with E-state index in [-0.39, 0.29) is 10.6 Å². The number of halogens is 2. The highest BCUT2D eigenvalue weighted by molar-refractivity contribution is 8.00. The average Bonchev–Trinajstić information content (AvgIpc) is 3.24. The van der Waals surface area contributed by atoms with E-state index in [0.717, 1.165) is 41.2 Å². The van der Waals surface area contributed by atoms with Crippen LogP contribution in [0.25, 0.3) is 0 Å². The topological polar surface area (TPSA) is 56.7 Å². The molecule has 0 aliphatic carbocycles. The maximum atomic E-state index is 14.4. The number of methoxy groups -OCH3 is 3. The van der Waals surface area contributed by atoms with E-state index >= 15 is 0 Å². The summed E-state index contributed by atoms with van der Waals surface area (Å²) >= 11 is 2.16. The first-order valence-corrected chi connectivity index (χ1v) is 9.56. The van der Waals surface area contributed by atoms with Gasteiger partial charge in [-0.1, -0.05) is 0 Å². The van der Waals surface area contributed by atoms with Crippen LogP contribution >= 0.6 is 23.5 Å². The first kappa shape index (κ1) is 20.2. The average molecular weight is 425 g/mol. The van der Waals surface area contributed by atoms with Crippen LogP contribution in [0.3, 0.4) is 0 Å². The predicted molar refractivity (Wildman–Crippen MR) is 104 cm³/mol. The minimum absolute atomic E-state index is 0.0981. The molecule has 0 atom stereocenters. The summed E-state index contributed by atoms with van der Waals surface area (Å²) in [5.41, 5.74) is 0.820. The van der Waals surface area contributed by atoms with Crippen LogP contribution in [0.1, 0.15) is 5.56 Å². The van der Waals surface area contributed by atoms with Crippen molar-refractivity contribution >= 4 is 28.6 Å². The van der Waals surface area contributed by atoms with Crippen molar-refractivity contribution in [1.82, 2.24) is 9.36 Å². The van der Waals surface area contributed by atoms with Gasteiger partial charge in [0.2, 0.25) is 5.13 Å². The first-order chi connectivity index (χ1) is 13.5. The Morgan fingerprint density at radius 1 is 1.00 bits per heavy atom. The molecule has 28 heavy (non-hydrogen) atoms. The van der Waals surface area contributed by atoms with E-state index in [0.29, 0.717) is 23.2 Å². The summed E-state index contributed by atoms with van der Waals surface area (Å²) in [7, 11) is 4.41. The molecule has 10 heteroatoms. The number of hydrogen-bond acceptors (Lipinski definition) is 8. The third-order valence-corrected chi connectivity index (χ3v) is 5.62. The summed E-state index contributed by atoms with van der Waals surface area (Å²) in [4.78, 5) is 4.29. The zero-order valence-corrected chi connectivity index (χ0v) is 16.9. The Kier molecular flexibility index (Phi) is 6.53. The van der Waals surface area contributed by atoms with Crippen LogP contribution in [-0.2, 0) is 6.54 Å². The smallest absolute Gasteiger partial charge is 0.215 e. The van der Waals surface area contributed by atoms with Crippen molar-refractivity contribution in [2.45, 2.75) is 11.4 Å². The molecule has 1 aromatic heterocycles. The second-order valence-corrected chi connectivity index (χ2v) is 7.27. The van der Waals surface area contributed by atoms with Gasteiger partial charge in [0.1, 0.15) is 23.6 Å². The first-order valence-electron chi connectivity index (χ1n) is 8.01. The molecule has 0 amide bonds. The standard InChI is InChI=1S/C18H17F2N3O3S2/c1-24-12-5-4-11(15(6-12)25-2)9-23(18-21-10-22-27-18)28-17-8-13(19)16(26-3)7-14(17)20/h4-8,10H,9H2,1-3H3. The molecular formula is C18H17F2N3O3S2. The molecule has 1 heterocycles. The van der Waals surface area contributed by atoms with Gasteiger partial charge in [-0.3, -0.25) is 4.31 Å². The van der Waals surface area contributed by atoms with Crippen molar-refractivity contribution in [3.63, 3.8) is 0 Å². The number of nitrogens with zero attached hydrogens (tertiary/aromatic N) is 3. The van der Waals surface area contributed by atoms with E-state index < -0.39 is 11.6 Å². The summed E-state index contributed by atoms with van der Waals surface area (Å²) in [5, 5.41) is 0.540. The van der Waals surface area contributed by atoms with Crippen LogP contribution in [0.4, 0.5) is 13.9 Å². The minimum atomic E-state index is -0.648. The molecule has 0 unspecified atom stereocenters. The molecule has 3 aromatic rings. The summed E-state index contributed by atoms with van der Waals surface area (Å²) in [6.45, 7) is 0.320. The normalized spacial score (nSPS) is 10.6. The van der Waals surface area contributed by atoms with Gasteiger partial charge >= 0.3 is 0 Å². The summed E-state index contributed by atoms with van der Waals surface area (Å²) in [6.07, 6.45) is 1.41. The summed E-state index contributed by atoms with van der Waals surface area (Å²) in [5.74, 6) is -0.138. The predicted octanol–water partition coefficient (Wildman–Crippen LogP) is 4.56. The van der Waals surface area contributed by atoms with Crippen molar-refractivity contribution in [3.8, 4) is 17.2 Å². The van der Waals surface area contributed by atoms with Crippen LogP contribution in [0.5, 0.6) is 17.2 Å². The van der Waals surface area contributed by atoms with Gasteiger partial charge in [0.15, 0.2) is 11.6 Å². The van der Waals surface area contributed by atoms with Gasteiger partial charge in [0.25, 0.3) is 0 Å². The van der Waals surface area contributed by atoms with Gasteiger partial charge in [0, 0.05) is 29.2 Å². The maximum absolute atomic E-state index is 14.4. The molecular weight excluding hydrogens is 408 g/mol. The zero-order chi connectivity index (χ0) is 20.1. The van der Waals surface area contributed by atoms with Crippen LogP contribution in [0.2, 0.25) is 0 Å². The van der Waals surface area contributed by atoms with E-state index in [2.05, 4.69) is 9.36 Å². The lowest BCUT2D eigenvalue weighted by Gasteiger charge is -2.22. The molecule has 3 rings (SSSR count). The molecule has 0 aliphatic heterocycles. The number of ether oxygens (including phenoxy) is 3. The fourth-order valence-corrected chi connectivity index (χ4v) is 3.93. The Bertz CT molecular complexity index is 942. The summed E-state index contributed by atoms with van der Waals surface area (Å²) in [6, 6.07) is 7.51. The number of benzene rings is 2. The fraction of sp³-hybridized carbons (Fsp3) is 0.222. The molecule has 0 radical (unpaired) electrons. The largest absolute Gasteiger partial charge is 0.497 e. The van der Waals surface area contributed by atoms with Crippen molar-refractivity contribution in [2.24, 2.45) is 0 Å². The van der Waals surface area contributed by atoms with E-state index in [4.69, 9.17) is 14.2 Å². The Hall–Kier alpha value is -2.59. The zero-order valence-electron chi connectivity index (χ0n) is 15.3. The second-order valence-electron chi connectivity index (χ2n) is 5.45. The van der Waals surface area contributed by atoms with Gasteiger partial charge in [-0.2, -0.15) is 4.37 Å². The molecule has 0 saturated heterocycles. The van der Waals surface area contributed by atoms with Crippen molar-refractivity contribution in [3.05, 3.63) is 53.9 Å². The molecule has 0 N–H and O–H groups in total. The van der Waals surface area contributed by atoms with Crippen LogP contribution < -0.4 is 18.5 Å². The summed E-state index contributed by atoms with van der Waals surface area (Å²) < 4.78 is 49.7. The number of anilines is 1. The second kappa shape index (κ2) is 9.07. The molecule has 6 nitrogen and oxygen atoms in total. The fourth-order valence-electron chi connectivity index (χ4n) is 2.41. The highest BCUT2D eigenvalue weighted by Gasteiger charge is 2.19. The third-order valence-electron chi connectivity index (χ3n) is 3.79. The van der Waals surface area contributed by atoms with E-state index in [9.17, 15) is 8.78 Å². The van der Waals surface area contributed by atoms with Crippen molar-refractivity contribution in [2.75, 3.05) is 25.6 Å². The number of rotatable bonds is 8. The van der Waals surface area contributed by atoms with E-state index in [1.807, 2.05) is 6.07 Å². The van der Waals surface area contributed by atoms with Gasteiger partial charge in [-0.05, 0) is 30.1 Å².